The summed E-state index contributed by atoms with van der Waals surface area (Å²) < 4.78 is 11.8. The van der Waals surface area contributed by atoms with Gasteiger partial charge in [0.15, 0.2) is 0 Å². The molecule has 0 radical (unpaired) electrons. The summed E-state index contributed by atoms with van der Waals surface area (Å²) in [5.41, 5.74) is 0.336. The number of hydrogen-bond donors (Lipinski definition) is 2. The number of carbonyl (C=O) groups excluding carboxylic acids is 1. The Balaban J connectivity index is 1.81. The number of ether oxygens (including phenoxy) is 2. The lowest BCUT2D eigenvalue weighted by molar-refractivity contribution is -0.000384. The van der Waals surface area contributed by atoms with Gasteiger partial charge in [0.1, 0.15) is 17.0 Å². The molecule has 2 aliphatic rings. The largest absolute Gasteiger partial charge is 0.487 e. The van der Waals surface area contributed by atoms with Gasteiger partial charge in [0.2, 0.25) is 0 Å². The summed E-state index contributed by atoms with van der Waals surface area (Å²) in [5.74, 6) is 0.877. The summed E-state index contributed by atoms with van der Waals surface area (Å²) in [7, 11) is 0. The van der Waals surface area contributed by atoms with Crippen molar-refractivity contribution in [3.05, 3.63) is 29.8 Å². The quantitative estimate of drug-likeness (QED) is 0.835. The predicted octanol–water partition coefficient (Wildman–Crippen LogP) is 3.16. The number of alkyl carbamates (subject to hydrolysis) is 1. The first kappa shape index (κ1) is 16.1. The molecule has 2 aliphatic heterocycles. The van der Waals surface area contributed by atoms with Crippen LogP contribution in [0, 0.1) is 0 Å². The molecule has 1 fully saturated rings. The van der Waals surface area contributed by atoms with Crippen molar-refractivity contribution in [1.82, 2.24) is 10.6 Å². The minimum atomic E-state index is -0.499. The smallest absolute Gasteiger partial charge is 0.408 e. The van der Waals surface area contributed by atoms with E-state index in [9.17, 15) is 4.79 Å². The van der Waals surface area contributed by atoms with E-state index < -0.39 is 5.60 Å². The number of fused-ring (bicyclic) bond motifs is 1. The number of carbonyl (C=O) groups is 1. The number of rotatable bonds is 1. The summed E-state index contributed by atoms with van der Waals surface area (Å²) in [5, 5.41) is 6.42. The van der Waals surface area contributed by atoms with Crippen LogP contribution in [0.2, 0.25) is 0 Å². The molecule has 3 rings (SSSR count). The number of piperidine rings is 1. The van der Waals surface area contributed by atoms with E-state index in [1.54, 1.807) is 0 Å². The van der Waals surface area contributed by atoms with Crippen LogP contribution in [0.5, 0.6) is 5.75 Å². The molecule has 1 saturated heterocycles. The van der Waals surface area contributed by atoms with Crippen LogP contribution >= 0.6 is 0 Å². The Bertz CT molecular complexity index is 574. The second kappa shape index (κ2) is 6.04. The predicted molar refractivity (Wildman–Crippen MR) is 88.6 cm³/mol. The standard InChI is InChI=1S/C18H26N2O3/c1-17(2,3)23-16(21)20-14-12-18(8-10-19-11-9-18)22-15-7-5-4-6-13(14)15/h4-7,14,19H,8-12H2,1-3H3,(H,20,21). The number of para-hydroxylation sites is 1. The van der Waals surface area contributed by atoms with E-state index in [2.05, 4.69) is 10.6 Å². The molecule has 1 unspecified atom stereocenters. The van der Waals surface area contributed by atoms with Crippen molar-refractivity contribution in [3.8, 4) is 5.75 Å². The first-order valence-electron chi connectivity index (χ1n) is 8.35. The lowest BCUT2D eigenvalue weighted by Gasteiger charge is -2.44. The van der Waals surface area contributed by atoms with Gasteiger partial charge in [-0.05, 0) is 52.8 Å². The lowest BCUT2D eigenvalue weighted by atomic mass is 9.81. The molecule has 1 spiro atoms. The Morgan fingerprint density at radius 2 is 2.00 bits per heavy atom. The summed E-state index contributed by atoms with van der Waals surface area (Å²) in [6.07, 6.45) is 2.32. The van der Waals surface area contributed by atoms with E-state index >= 15 is 0 Å². The third-order valence-electron chi connectivity index (χ3n) is 4.40. The van der Waals surface area contributed by atoms with Crippen LogP contribution in [-0.2, 0) is 4.74 Å². The van der Waals surface area contributed by atoms with Crippen LogP contribution in [0.15, 0.2) is 24.3 Å². The van der Waals surface area contributed by atoms with Gasteiger partial charge in [0.05, 0.1) is 6.04 Å². The maximum Gasteiger partial charge on any atom is 0.408 e. The summed E-state index contributed by atoms with van der Waals surface area (Å²) >= 11 is 0. The molecular formula is C18H26N2O3. The van der Waals surface area contributed by atoms with E-state index in [-0.39, 0.29) is 17.7 Å². The topological polar surface area (TPSA) is 59.6 Å². The number of benzene rings is 1. The molecule has 5 nitrogen and oxygen atoms in total. The number of amides is 1. The van der Waals surface area contributed by atoms with E-state index in [0.29, 0.717) is 0 Å². The average Bonchev–Trinajstić information content (AvgIpc) is 2.46. The molecule has 0 aromatic heterocycles. The fraction of sp³-hybridized carbons (Fsp3) is 0.611. The molecular weight excluding hydrogens is 292 g/mol. The molecule has 1 aromatic rings. The molecule has 0 aliphatic carbocycles. The molecule has 0 saturated carbocycles. The van der Waals surface area contributed by atoms with Crippen molar-refractivity contribution in [2.75, 3.05) is 13.1 Å². The van der Waals surface area contributed by atoms with E-state index in [4.69, 9.17) is 9.47 Å². The first-order valence-corrected chi connectivity index (χ1v) is 8.35. The highest BCUT2D eigenvalue weighted by Crippen LogP contribution is 2.43. The Morgan fingerprint density at radius 3 is 2.70 bits per heavy atom. The summed E-state index contributed by atoms with van der Waals surface area (Å²) in [6.45, 7) is 7.51. The van der Waals surface area contributed by atoms with Gasteiger partial charge in [-0.1, -0.05) is 18.2 Å². The Morgan fingerprint density at radius 1 is 1.30 bits per heavy atom. The maximum atomic E-state index is 12.2. The Labute approximate surface area is 137 Å². The SMILES string of the molecule is CC(C)(C)OC(=O)NC1CC2(CCNCC2)Oc2ccccc21. The first-order chi connectivity index (χ1) is 10.9. The molecule has 5 heteroatoms. The van der Waals surface area contributed by atoms with E-state index in [1.165, 1.54) is 0 Å². The van der Waals surface area contributed by atoms with Gasteiger partial charge in [-0.15, -0.1) is 0 Å². The zero-order valence-electron chi connectivity index (χ0n) is 14.1. The van der Waals surface area contributed by atoms with Crippen molar-refractivity contribution in [3.63, 3.8) is 0 Å². The van der Waals surface area contributed by atoms with Gasteiger partial charge in [-0.25, -0.2) is 4.79 Å². The summed E-state index contributed by atoms with van der Waals surface area (Å²) in [4.78, 5) is 12.2. The molecule has 0 bridgehead atoms. The molecule has 126 valence electrons. The highest BCUT2D eigenvalue weighted by atomic mass is 16.6. The highest BCUT2D eigenvalue weighted by Gasteiger charge is 2.42. The van der Waals surface area contributed by atoms with Crippen molar-refractivity contribution in [2.24, 2.45) is 0 Å². The third-order valence-corrected chi connectivity index (χ3v) is 4.40. The molecule has 1 atom stereocenters. The zero-order chi connectivity index (χ0) is 16.5. The minimum absolute atomic E-state index is 0.0760. The molecule has 23 heavy (non-hydrogen) atoms. The van der Waals surface area contributed by atoms with Crippen LogP contribution in [0.25, 0.3) is 0 Å². The lowest BCUT2D eigenvalue weighted by Crippen LogP contribution is -2.51. The molecule has 2 N–H and O–H groups in total. The highest BCUT2D eigenvalue weighted by molar-refractivity contribution is 5.68. The molecule has 2 heterocycles. The van der Waals surface area contributed by atoms with Crippen molar-refractivity contribution in [2.45, 2.75) is 57.3 Å². The fourth-order valence-electron chi connectivity index (χ4n) is 3.39. The van der Waals surface area contributed by atoms with Gasteiger partial charge in [0, 0.05) is 12.0 Å². The molecule has 1 aromatic carbocycles. The average molecular weight is 318 g/mol. The van der Waals surface area contributed by atoms with Crippen molar-refractivity contribution in [1.29, 1.82) is 0 Å². The van der Waals surface area contributed by atoms with Gasteiger partial charge >= 0.3 is 6.09 Å². The zero-order valence-corrected chi connectivity index (χ0v) is 14.1. The normalized spacial score (nSPS) is 22.8. The van der Waals surface area contributed by atoms with Crippen LogP contribution in [0.3, 0.4) is 0 Å². The van der Waals surface area contributed by atoms with Crippen LogP contribution in [0.4, 0.5) is 4.79 Å². The molecule has 1 amide bonds. The van der Waals surface area contributed by atoms with Crippen LogP contribution in [-0.4, -0.2) is 30.4 Å². The van der Waals surface area contributed by atoms with Crippen molar-refractivity contribution < 1.29 is 14.3 Å². The van der Waals surface area contributed by atoms with E-state index in [1.807, 2.05) is 45.0 Å². The second-order valence-electron chi connectivity index (χ2n) is 7.48. The van der Waals surface area contributed by atoms with Gasteiger partial charge in [-0.3, -0.25) is 0 Å². The Hall–Kier alpha value is -1.75. The third kappa shape index (κ3) is 3.78. The van der Waals surface area contributed by atoms with Gasteiger partial charge in [-0.2, -0.15) is 0 Å². The van der Waals surface area contributed by atoms with Crippen LogP contribution < -0.4 is 15.4 Å². The van der Waals surface area contributed by atoms with Crippen molar-refractivity contribution >= 4 is 6.09 Å². The number of hydrogen-bond acceptors (Lipinski definition) is 4. The van der Waals surface area contributed by atoms with Crippen LogP contribution in [0.1, 0.15) is 51.6 Å². The monoisotopic (exact) mass is 318 g/mol. The van der Waals surface area contributed by atoms with E-state index in [0.717, 1.165) is 43.7 Å². The number of nitrogens with one attached hydrogen (secondary N) is 2. The van der Waals surface area contributed by atoms with Gasteiger partial charge < -0.3 is 20.1 Å². The van der Waals surface area contributed by atoms with Gasteiger partial charge in [0.25, 0.3) is 0 Å². The minimum Gasteiger partial charge on any atom is -0.487 e. The fourth-order valence-corrected chi connectivity index (χ4v) is 3.39. The Kier molecular flexibility index (Phi) is 4.23. The second-order valence-corrected chi connectivity index (χ2v) is 7.48. The summed E-state index contributed by atoms with van der Waals surface area (Å²) in [6, 6.07) is 7.89. The maximum absolute atomic E-state index is 12.2.